The lowest BCUT2D eigenvalue weighted by atomic mass is 10.2. The predicted molar refractivity (Wildman–Crippen MR) is 125 cm³/mol. The van der Waals surface area contributed by atoms with Gasteiger partial charge < -0.3 is 10.1 Å². The minimum absolute atomic E-state index is 0.220. The molecule has 31 heavy (non-hydrogen) atoms. The summed E-state index contributed by atoms with van der Waals surface area (Å²) < 4.78 is 33.2. The van der Waals surface area contributed by atoms with Gasteiger partial charge >= 0.3 is 0 Å². The number of hydrogen-bond donors (Lipinski definition) is 1. The fourth-order valence-corrected chi connectivity index (χ4v) is 5.10. The minimum atomic E-state index is -3.64. The Morgan fingerprint density at radius 2 is 1.87 bits per heavy atom. The van der Waals surface area contributed by atoms with E-state index in [1.165, 1.54) is 22.7 Å². The molecule has 0 amide bonds. The topological polar surface area (TPSA) is 71.5 Å². The van der Waals surface area contributed by atoms with Crippen LogP contribution in [0.15, 0.2) is 70.2 Å². The van der Waals surface area contributed by atoms with Gasteiger partial charge in [0.15, 0.2) is 0 Å². The van der Waals surface area contributed by atoms with E-state index < -0.39 is 10.0 Å². The van der Waals surface area contributed by atoms with Crippen LogP contribution in [0.5, 0.6) is 5.75 Å². The van der Waals surface area contributed by atoms with Crippen LogP contribution in [-0.2, 0) is 16.6 Å². The van der Waals surface area contributed by atoms with E-state index in [0.29, 0.717) is 10.4 Å². The Morgan fingerprint density at radius 3 is 2.45 bits per heavy atom. The second-order valence-corrected chi connectivity index (χ2v) is 10.5. The van der Waals surface area contributed by atoms with E-state index in [1.54, 1.807) is 32.4 Å². The monoisotopic (exact) mass is 501 g/mol. The van der Waals surface area contributed by atoms with Gasteiger partial charge in [-0.3, -0.25) is 0 Å². The van der Waals surface area contributed by atoms with Crippen molar-refractivity contribution in [2.45, 2.75) is 30.2 Å². The van der Waals surface area contributed by atoms with Gasteiger partial charge in [0, 0.05) is 24.3 Å². The zero-order valence-corrected chi connectivity index (χ0v) is 19.8. The van der Waals surface area contributed by atoms with Crippen molar-refractivity contribution in [1.82, 2.24) is 9.29 Å². The van der Waals surface area contributed by atoms with Gasteiger partial charge in [0.1, 0.15) is 11.6 Å². The number of rotatable bonds is 8. The highest BCUT2D eigenvalue weighted by molar-refractivity contribution is 9.10. The van der Waals surface area contributed by atoms with Crippen molar-refractivity contribution in [1.29, 1.82) is 0 Å². The first-order valence-electron chi connectivity index (χ1n) is 9.98. The van der Waals surface area contributed by atoms with Gasteiger partial charge in [-0.15, -0.1) is 0 Å². The lowest BCUT2D eigenvalue weighted by Gasteiger charge is -2.18. The number of nitrogens with one attached hydrogen (secondary N) is 1. The summed E-state index contributed by atoms with van der Waals surface area (Å²) in [5.74, 6) is 2.11. The zero-order chi connectivity index (χ0) is 22.0. The molecule has 0 saturated heterocycles. The van der Waals surface area contributed by atoms with Gasteiger partial charge in [-0.25, -0.2) is 13.4 Å². The first kappa shape index (κ1) is 21.8. The molecule has 0 atom stereocenters. The fourth-order valence-electron chi connectivity index (χ4n) is 3.29. The summed E-state index contributed by atoms with van der Waals surface area (Å²) in [4.78, 5) is 4.69. The zero-order valence-electron chi connectivity index (χ0n) is 17.4. The van der Waals surface area contributed by atoms with Crippen LogP contribution in [0.3, 0.4) is 0 Å². The number of halogens is 1. The highest BCUT2D eigenvalue weighted by Gasteiger charge is 2.24. The van der Waals surface area contributed by atoms with E-state index in [2.05, 4.69) is 32.3 Å². The molecule has 0 unspecified atom stereocenters. The lowest BCUT2D eigenvalue weighted by molar-refractivity contribution is 0.414. The normalized spacial score (nSPS) is 13.9. The number of aromatic nitrogens is 1. The largest absolute Gasteiger partial charge is 0.497 e. The van der Waals surface area contributed by atoms with Crippen molar-refractivity contribution in [2.75, 3.05) is 19.5 Å². The molecule has 1 heterocycles. The molecule has 8 heteroatoms. The smallest absolute Gasteiger partial charge is 0.243 e. The molecule has 1 saturated carbocycles. The number of methoxy groups -OCH3 is 1. The highest BCUT2D eigenvalue weighted by atomic mass is 79.9. The van der Waals surface area contributed by atoms with E-state index in [-0.39, 0.29) is 11.4 Å². The van der Waals surface area contributed by atoms with E-state index in [4.69, 9.17) is 4.74 Å². The molecule has 1 aliphatic carbocycles. The first-order valence-corrected chi connectivity index (χ1v) is 12.2. The average molecular weight is 502 g/mol. The second-order valence-electron chi connectivity index (χ2n) is 7.63. The standard InChI is InChI=1S/C23H24BrN3O3S/c1-27(15-16-3-8-19(30-2)9-4-16)31(28,29)20-10-11-22(21(24)13-20)26-23-12-7-18(14-25-23)17-5-6-17/h3-4,7-14,17H,5-6,15H2,1-2H3,(H,25,26). The summed E-state index contributed by atoms with van der Waals surface area (Å²) in [5.41, 5.74) is 2.90. The average Bonchev–Trinajstić information content (AvgIpc) is 3.61. The van der Waals surface area contributed by atoms with E-state index in [9.17, 15) is 8.42 Å². The molecular formula is C23H24BrN3O3S. The molecule has 4 rings (SSSR count). The molecular weight excluding hydrogens is 478 g/mol. The molecule has 0 aliphatic heterocycles. The van der Waals surface area contributed by atoms with Crippen molar-refractivity contribution in [2.24, 2.45) is 0 Å². The first-order chi connectivity index (χ1) is 14.9. The molecule has 1 aromatic heterocycles. The predicted octanol–water partition coefficient (Wildman–Crippen LogP) is 5.29. The Morgan fingerprint density at radius 1 is 1.13 bits per heavy atom. The van der Waals surface area contributed by atoms with Crippen molar-refractivity contribution < 1.29 is 13.2 Å². The third kappa shape index (κ3) is 5.08. The van der Waals surface area contributed by atoms with Crippen LogP contribution in [0, 0.1) is 0 Å². The Bertz CT molecular complexity index is 1160. The number of hydrogen-bond acceptors (Lipinski definition) is 5. The molecule has 0 radical (unpaired) electrons. The van der Waals surface area contributed by atoms with Crippen LogP contribution in [0.4, 0.5) is 11.5 Å². The van der Waals surface area contributed by atoms with Crippen molar-refractivity contribution in [3.05, 3.63) is 76.4 Å². The van der Waals surface area contributed by atoms with Crippen molar-refractivity contribution in [3.8, 4) is 5.75 Å². The van der Waals surface area contributed by atoms with Crippen LogP contribution in [-0.4, -0.2) is 31.9 Å². The Labute approximate surface area is 191 Å². The van der Waals surface area contributed by atoms with Gasteiger partial charge in [0.2, 0.25) is 10.0 Å². The van der Waals surface area contributed by atoms with E-state index in [1.807, 2.05) is 36.5 Å². The summed E-state index contributed by atoms with van der Waals surface area (Å²) in [6, 6.07) is 16.4. The van der Waals surface area contributed by atoms with E-state index >= 15 is 0 Å². The molecule has 1 aliphatic rings. The summed E-state index contributed by atoms with van der Waals surface area (Å²) in [5, 5.41) is 3.24. The molecule has 1 N–H and O–H groups in total. The Hall–Kier alpha value is -2.42. The molecule has 0 bridgehead atoms. The minimum Gasteiger partial charge on any atom is -0.497 e. The van der Waals surface area contributed by atoms with Gasteiger partial charge in [-0.05, 0) is 82.2 Å². The molecule has 0 spiro atoms. The quantitative estimate of drug-likeness (QED) is 0.453. The maximum absolute atomic E-state index is 13.0. The summed E-state index contributed by atoms with van der Waals surface area (Å²) >= 11 is 3.49. The fraction of sp³-hybridized carbons (Fsp3) is 0.261. The van der Waals surface area contributed by atoms with Gasteiger partial charge in [0.05, 0.1) is 17.7 Å². The number of sulfonamides is 1. The SMILES string of the molecule is COc1ccc(CN(C)S(=O)(=O)c2ccc(Nc3ccc(C4CC4)cn3)c(Br)c2)cc1. The van der Waals surface area contributed by atoms with Gasteiger partial charge in [0.25, 0.3) is 0 Å². The maximum atomic E-state index is 13.0. The lowest BCUT2D eigenvalue weighted by Crippen LogP contribution is -2.26. The van der Waals surface area contributed by atoms with Crippen molar-refractivity contribution in [3.63, 3.8) is 0 Å². The molecule has 162 valence electrons. The van der Waals surface area contributed by atoms with Crippen LogP contribution in [0.1, 0.15) is 29.9 Å². The summed E-state index contributed by atoms with van der Waals surface area (Å²) in [7, 11) is -0.472. The second kappa shape index (κ2) is 8.98. The third-order valence-electron chi connectivity index (χ3n) is 5.31. The third-order valence-corrected chi connectivity index (χ3v) is 7.77. The van der Waals surface area contributed by atoms with Crippen LogP contribution >= 0.6 is 15.9 Å². The number of ether oxygens (including phenoxy) is 1. The number of anilines is 2. The Kier molecular flexibility index (Phi) is 6.31. The summed E-state index contributed by atoms with van der Waals surface area (Å²) in [6.45, 7) is 0.265. The molecule has 3 aromatic rings. The molecule has 2 aromatic carbocycles. The number of pyridine rings is 1. The molecule has 1 fully saturated rings. The van der Waals surface area contributed by atoms with E-state index in [0.717, 1.165) is 22.8 Å². The van der Waals surface area contributed by atoms with Crippen LogP contribution in [0.25, 0.3) is 0 Å². The van der Waals surface area contributed by atoms with Crippen LogP contribution in [0.2, 0.25) is 0 Å². The maximum Gasteiger partial charge on any atom is 0.243 e. The number of nitrogens with zero attached hydrogens (tertiary/aromatic N) is 2. The highest BCUT2D eigenvalue weighted by Crippen LogP contribution is 2.40. The molecule has 6 nitrogen and oxygen atoms in total. The van der Waals surface area contributed by atoms with Crippen molar-refractivity contribution >= 4 is 37.5 Å². The van der Waals surface area contributed by atoms with Gasteiger partial charge in [-0.2, -0.15) is 4.31 Å². The van der Waals surface area contributed by atoms with Gasteiger partial charge in [-0.1, -0.05) is 18.2 Å². The Balaban J connectivity index is 1.47. The van der Waals surface area contributed by atoms with Crippen LogP contribution < -0.4 is 10.1 Å². The summed E-state index contributed by atoms with van der Waals surface area (Å²) in [6.07, 6.45) is 4.38. The number of benzene rings is 2.